The molecular formula is CH4BCrV. The minimum atomic E-state index is 0. The fourth-order valence-corrected chi connectivity index (χ4v) is 0. The molecule has 4 radical (unpaired) electrons. The molecule has 0 unspecified atom stereocenters. The Kier molecular flexibility index (Phi) is 492. The van der Waals surface area contributed by atoms with Crippen molar-refractivity contribution >= 4 is 8.41 Å². The predicted molar refractivity (Wildman–Crippen MR) is 12.5 cm³/mol. The van der Waals surface area contributed by atoms with Gasteiger partial charge in [0, 0.05) is 44.3 Å². The van der Waals surface area contributed by atoms with Crippen LogP contribution in [0, 0.1) is 0 Å². The second-order valence-corrected chi connectivity index (χ2v) is 0. The van der Waals surface area contributed by atoms with E-state index in [2.05, 4.69) is 0 Å². The molecule has 0 aliphatic carbocycles. The summed E-state index contributed by atoms with van der Waals surface area (Å²) in [5, 5.41) is 0. The van der Waals surface area contributed by atoms with E-state index in [-0.39, 0.29) is 51.8 Å². The second-order valence-electron chi connectivity index (χ2n) is 0. The third-order valence-electron chi connectivity index (χ3n) is 0. The number of hydrogen-bond acceptors (Lipinski definition) is 0. The summed E-state index contributed by atoms with van der Waals surface area (Å²) >= 11 is 0. The van der Waals surface area contributed by atoms with Gasteiger partial charge in [0.25, 0.3) is 0 Å². The molecule has 0 aliphatic heterocycles. The monoisotopic (exact) mass is 130 g/mol. The van der Waals surface area contributed by atoms with Crippen molar-refractivity contribution in [2.75, 3.05) is 0 Å². The van der Waals surface area contributed by atoms with E-state index in [1.54, 1.807) is 0 Å². The zero-order valence-electron chi connectivity index (χ0n) is 1.43. The standard InChI is InChI=1S/CH4.B.Cr.V/h1H4;;;. The summed E-state index contributed by atoms with van der Waals surface area (Å²) in [5.74, 6) is 0. The minimum absolute atomic E-state index is 0. The van der Waals surface area contributed by atoms with Crippen LogP contribution in [0.2, 0.25) is 0 Å². The Morgan fingerprint density at radius 1 is 1.00 bits per heavy atom. The van der Waals surface area contributed by atoms with Crippen molar-refractivity contribution in [1.29, 1.82) is 0 Å². The van der Waals surface area contributed by atoms with Gasteiger partial charge in [0.2, 0.25) is 0 Å². The maximum absolute atomic E-state index is 0. The third kappa shape index (κ3) is 10.8. The predicted octanol–water partition coefficient (Wildman–Crippen LogP) is 0.250. The van der Waals surface area contributed by atoms with Crippen LogP contribution in [0.15, 0.2) is 0 Å². The fraction of sp³-hybridized carbons (Fsp3) is 1.00. The molecule has 3 heteroatoms. The summed E-state index contributed by atoms with van der Waals surface area (Å²) in [7, 11) is 0. The van der Waals surface area contributed by atoms with Crippen LogP contribution in [0.5, 0.6) is 0 Å². The number of hydrogen-bond donors (Lipinski definition) is 0. The van der Waals surface area contributed by atoms with Crippen LogP contribution in [0.1, 0.15) is 7.43 Å². The van der Waals surface area contributed by atoms with Crippen molar-refractivity contribution in [3.8, 4) is 0 Å². The van der Waals surface area contributed by atoms with Crippen LogP contribution in [-0.4, -0.2) is 8.41 Å². The van der Waals surface area contributed by atoms with Gasteiger partial charge in [-0.1, -0.05) is 7.43 Å². The Balaban J connectivity index is 0. The van der Waals surface area contributed by atoms with E-state index in [0.29, 0.717) is 0 Å². The molecular weight excluding hydrogens is 126 g/mol. The van der Waals surface area contributed by atoms with Gasteiger partial charge in [0.05, 0.1) is 0 Å². The Labute approximate surface area is 51.9 Å². The van der Waals surface area contributed by atoms with Gasteiger partial charge < -0.3 is 0 Å². The van der Waals surface area contributed by atoms with Crippen molar-refractivity contribution in [2.45, 2.75) is 7.43 Å². The van der Waals surface area contributed by atoms with Crippen molar-refractivity contribution in [3.05, 3.63) is 0 Å². The molecule has 0 amide bonds. The number of rotatable bonds is 0. The van der Waals surface area contributed by atoms with E-state index in [1.165, 1.54) is 0 Å². The molecule has 0 N–H and O–H groups in total. The Morgan fingerprint density at radius 2 is 1.00 bits per heavy atom. The van der Waals surface area contributed by atoms with E-state index >= 15 is 0 Å². The molecule has 0 aromatic heterocycles. The summed E-state index contributed by atoms with van der Waals surface area (Å²) < 4.78 is 0. The van der Waals surface area contributed by atoms with Crippen LogP contribution in [-0.2, 0) is 35.9 Å². The van der Waals surface area contributed by atoms with Gasteiger partial charge in [-0.3, -0.25) is 0 Å². The van der Waals surface area contributed by atoms with E-state index in [9.17, 15) is 0 Å². The van der Waals surface area contributed by atoms with Gasteiger partial charge in [0.1, 0.15) is 0 Å². The quantitative estimate of drug-likeness (QED) is 0.412. The summed E-state index contributed by atoms with van der Waals surface area (Å²) in [4.78, 5) is 0. The molecule has 0 heterocycles. The van der Waals surface area contributed by atoms with Crippen LogP contribution < -0.4 is 0 Å². The van der Waals surface area contributed by atoms with Gasteiger partial charge in [0.15, 0.2) is 0 Å². The summed E-state index contributed by atoms with van der Waals surface area (Å²) in [6.45, 7) is 0. The van der Waals surface area contributed by atoms with E-state index < -0.39 is 0 Å². The molecule has 0 aromatic rings. The van der Waals surface area contributed by atoms with E-state index in [4.69, 9.17) is 0 Å². The van der Waals surface area contributed by atoms with Crippen molar-refractivity contribution < 1.29 is 35.9 Å². The Morgan fingerprint density at radius 3 is 1.00 bits per heavy atom. The van der Waals surface area contributed by atoms with Crippen molar-refractivity contribution in [2.24, 2.45) is 0 Å². The van der Waals surface area contributed by atoms with E-state index in [1.807, 2.05) is 0 Å². The van der Waals surface area contributed by atoms with E-state index in [0.717, 1.165) is 0 Å². The van der Waals surface area contributed by atoms with Crippen molar-refractivity contribution in [3.63, 3.8) is 0 Å². The van der Waals surface area contributed by atoms with Gasteiger partial charge in [-0.15, -0.1) is 0 Å². The molecule has 0 rings (SSSR count). The average Bonchev–Trinajstić information content (AvgIpc) is 0. The van der Waals surface area contributed by atoms with Gasteiger partial charge in [-0.2, -0.15) is 0 Å². The van der Waals surface area contributed by atoms with Crippen molar-refractivity contribution in [1.82, 2.24) is 0 Å². The zero-order chi connectivity index (χ0) is 0. The maximum Gasteiger partial charge on any atom is 0 e. The molecule has 4 heavy (non-hydrogen) atoms. The first-order valence-corrected chi connectivity index (χ1v) is 0. The van der Waals surface area contributed by atoms with Gasteiger partial charge in [-0.25, -0.2) is 0 Å². The molecule has 0 fully saturated rings. The Hall–Kier alpha value is 1.18. The summed E-state index contributed by atoms with van der Waals surface area (Å²) in [5.41, 5.74) is 0. The van der Waals surface area contributed by atoms with Crippen LogP contribution in [0.25, 0.3) is 0 Å². The molecule has 0 atom stereocenters. The molecule has 0 saturated carbocycles. The third-order valence-corrected chi connectivity index (χ3v) is 0. The first-order chi connectivity index (χ1) is 0. The van der Waals surface area contributed by atoms with Crippen LogP contribution in [0.3, 0.4) is 0 Å². The largest absolute Gasteiger partial charge is 0.0776 e. The molecule has 0 saturated heterocycles. The van der Waals surface area contributed by atoms with Crippen LogP contribution >= 0.6 is 0 Å². The Bertz CT molecular complexity index is 8.00. The van der Waals surface area contributed by atoms with Gasteiger partial charge >= 0.3 is 0 Å². The maximum atomic E-state index is 0. The minimum Gasteiger partial charge on any atom is -0.0776 e. The van der Waals surface area contributed by atoms with Gasteiger partial charge in [-0.05, 0) is 0 Å². The SMILES string of the molecule is C.[B].[Cr].[V]. The normalized spacial score (nSPS) is 0. The first-order valence-electron chi connectivity index (χ1n) is 0. The topological polar surface area (TPSA) is 0 Å². The molecule has 0 aromatic carbocycles. The van der Waals surface area contributed by atoms with Crippen LogP contribution in [0.4, 0.5) is 0 Å². The molecule has 0 nitrogen and oxygen atoms in total. The fourth-order valence-electron chi connectivity index (χ4n) is 0. The molecule has 22 valence electrons. The first kappa shape index (κ1) is 64.9. The zero-order valence-corrected chi connectivity index (χ0v) is 4.10. The smallest absolute Gasteiger partial charge is 0 e. The summed E-state index contributed by atoms with van der Waals surface area (Å²) in [6, 6.07) is 0. The average molecular weight is 130 g/mol. The summed E-state index contributed by atoms with van der Waals surface area (Å²) in [6.07, 6.45) is 0. The molecule has 0 aliphatic rings. The molecule has 0 bridgehead atoms. The molecule has 0 spiro atoms. The second kappa shape index (κ2) is 30.3.